The molecule has 0 radical (unpaired) electrons. The summed E-state index contributed by atoms with van der Waals surface area (Å²) in [6, 6.07) is 4.95. The molecule has 2 aromatic rings. The van der Waals surface area contributed by atoms with Crippen LogP contribution in [0.25, 0.3) is 0 Å². The Morgan fingerprint density at radius 3 is 2.61 bits per heavy atom. The highest BCUT2D eigenvalue weighted by molar-refractivity contribution is 5.44. The van der Waals surface area contributed by atoms with Gasteiger partial charge in [0, 0.05) is 0 Å². The Morgan fingerprint density at radius 2 is 2.00 bits per heavy atom. The molecule has 0 atom stereocenters. The first kappa shape index (κ1) is 11.7. The van der Waals surface area contributed by atoms with Crippen LogP contribution in [0.4, 0.5) is 16.0 Å². The summed E-state index contributed by atoms with van der Waals surface area (Å²) < 4.78 is 17.9. The van der Waals surface area contributed by atoms with Gasteiger partial charge in [-0.2, -0.15) is 4.98 Å². The Morgan fingerprint density at radius 1 is 1.33 bits per heavy atom. The van der Waals surface area contributed by atoms with Gasteiger partial charge >= 0.3 is 11.6 Å². The zero-order valence-corrected chi connectivity index (χ0v) is 8.91. The van der Waals surface area contributed by atoms with Gasteiger partial charge in [0.25, 0.3) is 0 Å². The van der Waals surface area contributed by atoms with Crippen molar-refractivity contribution in [1.82, 2.24) is 9.97 Å². The van der Waals surface area contributed by atoms with Gasteiger partial charge in [0.05, 0.1) is 4.92 Å². The van der Waals surface area contributed by atoms with Crippen molar-refractivity contribution in [3.8, 4) is 11.6 Å². The van der Waals surface area contributed by atoms with E-state index < -0.39 is 16.4 Å². The summed E-state index contributed by atoms with van der Waals surface area (Å²) in [5.74, 6) is -0.687. The molecule has 2 N–H and O–H groups in total. The standard InChI is InChI=1S/C10H7FN4O3/c11-6-1-3-7(4-2-6)18-9-8(15(16)17)5-13-10(12)14-9/h1-5H,(H2,12,13,14). The van der Waals surface area contributed by atoms with Gasteiger partial charge in [-0.1, -0.05) is 0 Å². The molecule has 0 spiro atoms. The van der Waals surface area contributed by atoms with E-state index in [1.54, 1.807) is 0 Å². The van der Waals surface area contributed by atoms with Gasteiger partial charge in [0.1, 0.15) is 17.8 Å². The number of halogens is 1. The lowest BCUT2D eigenvalue weighted by atomic mass is 10.3. The molecule has 0 fully saturated rings. The second kappa shape index (κ2) is 4.62. The molecule has 1 heterocycles. The van der Waals surface area contributed by atoms with Gasteiger partial charge in [0.2, 0.25) is 5.95 Å². The molecule has 0 aliphatic carbocycles. The van der Waals surface area contributed by atoms with E-state index in [2.05, 4.69) is 9.97 Å². The number of nitro groups is 1. The summed E-state index contributed by atoms with van der Waals surface area (Å²) in [4.78, 5) is 17.1. The minimum Gasteiger partial charge on any atom is -0.434 e. The highest BCUT2D eigenvalue weighted by atomic mass is 19.1. The van der Waals surface area contributed by atoms with Crippen molar-refractivity contribution >= 4 is 11.6 Å². The second-order valence-electron chi connectivity index (χ2n) is 3.23. The van der Waals surface area contributed by atoms with Crippen LogP contribution in [0.3, 0.4) is 0 Å². The number of anilines is 1. The molecule has 92 valence electrons. The van der Waals surface area contributed by atoms with Crippen LogP contribution in [0.1, 0.15) is 0 Å². The van der Waals surface area contributed by atoms with Crippen LogP contribution in [-0.4, -0.2) is 14.9 Å². The van der Waals surface area contributed by atoms with E-state index in [0.717, 1.165) is 18.3 Å². The Labute approximate surface area is 100 Å². The van der Waals surface area contributed by atoms with Crippen LogP contribution in [0.5, 0.6) is 11.6 Å². The van der Waals surface area contributed by atoms with Gasteiger partial charge in [-0.05, 0) is 24.3 Å². The summed E-state index contributed by atoms with van der Waals surface area (Å²) in [7, 11) is 0. The van der Waals surface area contributed by atoms with Crippen molar-refractivity contribution in [2.24, 2.45) is 0 Å². The first-order valence-electron chi connectivity index (χ1n) is 4.76. The molecule has 1 aromatic carbocycles. The molecule has 0 aliphatic rings. The number of nitrogens with zero attached hydrogens (tertiary/aromatic N) is 3. The number of hydrogen-bond donors (Lipinski definition) is 1. The van der Waals surface area contributed by atoms with E-state index in [4.69, 9.17) is 10.5 Å². The van der Waals surface area contributed by atoms with E-state index in [1.165, 1.54) is 12.1 Å². The maximum absolute atomic E-state index is 12.7. The highest BCUT2D eigenvalue weighted by Crippen LogP contribution is 2.28. The van der Waals surface area contributed by atoms with Crippen LogP contribution in [0.2, 0.25) is 0 Å². The van der Waals surface area contributed by atoms with Gasteiger partial charge in [-0.25, -0.2) is 9.37 Å². The molecule has 0 bridgehead atoms. The fraction of sp³-hybridized carbons (Fsp3) is 0. The molecule has 1 aromatic heterocycles. The maximum Gasteiger partial charge on any atom is 0.349 e. The van der Waals surface area contributed by atoms with Gasteiger partial charge in [0.15, 0.2) is 0 Å². The highest BCUT2D eigenvalue weighted by Gasteiger charge is 2.18. The Kier molecular flexibility index (Phi) is 3.00. The predicted octanol–water partition coefficient (Wildman–Crippen LogP) is 1.90. The van der Waals surface area contributed by atoms with Crippen LogP contribution in [-0.2, 0) is 0 Å². The Hall–Kier alpha value is -2.77. The molecule has 0 unspecified atom stereocenters. The maximum atomic E-state index is 12.7. The Balaban J connectivity index is 2.35. The lowest BCUT2D eigenvalue weighted by Crippen LogP contribution is -2.01. The van der Waals surface area contributed by atoms with Gasteiger partial charge in [-0.3, -0.25) is 10.1 Å². The number of hydrogen-bond acceptors (Lipinski definition) is 6. The molecule has 18 heavy (non-hydrogen) atoms. The quantitative estimate of drug-likeness (QED) is 0.658. The van der Waals surface area contributed by atoms with E-state index >= 15 is 0 Å². The Bertz CT molecular complexity index is 588. The van der Waals surface area contributed by atoms with Crippen molar-refractivity contribution in [2.45, 2.75) is 0 Å². The number of aromatic nitrogens is 2. The minimum absolute atomic E-state index is 0.155. The third-order valence-electron chi connectivity index (χ3n) is 1.98. The van der Waals surface area contributed by atoms with Crippen LogP contribution < -0.4 is 10.5 Å². The lowest BCUT2D eigenvalue weighted by molar-refractivity contribution is -0.386. The predicted molar refractivity (Wildman–Crippen MR) is 59.6 cm³/mol. The smallest absolute Gasteiger partial charge is 0.349 e. The van der Waals surface area contributed by atoms with Crippen molar-refractivity contribution in [2.75, 3.05) is 5.73 Å². The zero-order valence-electron chi connectivity index (χ0n) is 8.91. The summed E-state index contributed by atoms with van der Waals surface area (Å²) in [6.45, 7) is 0. The van der Waals surface area contributed by atoms with Crippen LogP contribution in [0.15, 0.2) is 30.5 Å². The van der Waals surface area contributed by atoms with E-state index in [0.29, 0.717) is 0 Å². The summed E-state index contributed by atoms with van der Waals surface area (Å²) in [5.41, 5.74) is 4.90. The van der Waals surface area contributed by atoms with Crippen LogP contribution in [0, 0.1) is 15.9 Å². The zero-order chi connectivity index (χ0) is 13.1. The molecule has 0 amide bonds. The van der Waals surface area contributed by atoms with Crippen molar-refractivity contribution in [1.29, 1.82) is 0 Å². The van der Waals surface area contributed by atoms with Crippen molar-refractivity contribution in [3.05, 3.63) is 46.4 Å². The molecule has 0 aliphatic heterocycles. The van der Waals surface area contributed by atoms with Gasteiger partial charge < -0.3 is 10.5 Å². The van der Waals surface area contributed by atoms with Crippen molar-refractivity contribution in [3.63, 3.8) is 0 Å². The second-order valence-corrected chi connectivity index (χ2v) is 3.23. The molecule has 8 heteroatoms. The first-order chi connectivity index (χ1) is 8.56. The molecule has 7 nitrogen and oxygen atoms in total. The molecular formula is C10H7FN4O3. The average molecular weight is 250 g/mol. The van der Waals surface area contributed by atoms with E-state index in [-0.39, 0.29) is 17.6 Å². The fourth-order valence-corrected chi connectivity index (χ4v) is 1.19. The number of benzene rings is 1. The number of nitrogens with two attached hydrogens (primary N) is 1. The number of nitrogen functional groups attached to an aromatic ring is 1. The van der Waals surface area contributed by atoms with E-state index in [1.807, 2.05) is 0 Å². The third kappa shape index (κ3) is 2.48. The SMILES string of the molecule is Nc1ncc([N+](=O)[O-])c(Oc2ccc(F)cc2)n1. The summed E-state index contributed by atoms with van der Waals surface area (Å²) >= 11 is 0. The summed E-state index contributed by atoms with van der Waals surface area (Å²) in [5, 5.41) is 10.7. The number of ether oxygens (including phenoxy) is 1. The summed E-state index contributed by atoms with van der Waals surface area (Å²) in [6.07, 6.45) is 0.946. The molecule has 2 rings (SSSR count). The minimum atomic E-state index is -0.696. The van der Waals surface area contributed by atoms with E-state index in [9.17, 15) is 14.5 Å². The lowest BCUT2D eigenvalue weighted by Gasteiger charge is -2.05. The first-order valence-corrected chi connectivity index (χ1v) is 4.76. The number of rotatable bonds is 3. The topological polar surface area (TPSA) is 104 Å². The third-order valence-corrected chi connectivity index (χ3v) is 1.98. The molecule has 0 saturated heterocycles. The van der Waals surface area contributed by atoms with Crippen LogP contribution >= 0.6 is 0 Å². The normalized spacial score (nSPS) is 10.1. The molecule has 0 saturated carbocycles. The monoisotopic (exact) mass is 250 g/mol. The molecular weight excluding hydrogens is 243 g/mol. The fourth-order valence-electron chi connectivity index (χ4n) is 1.19. The largest absolute Gasteiger partial charge is 0.434 e. The van der Waals surface area contributed by atoms with Crippen molar-refractivity contribution < 1.29 is 14.1 Å². The average Bonchev–Trinajstić information content (AvgIpc) is 2.32. The van der Waals surface area contributed by atoms with Gasteiger partial charge in [-0.15, -0.1) is 0 Å².